The molecule has 0 amide bonds. The normalized spacial score (nSPS) is 18.3. The summed E-state index contributed by atoms with van der Waals surface area (Å²) in [6.45, 7) is 5.25. The largest absolute Gasteiger partial charge is 0.573 e. The van der Waals surface area contributed by atoms with Gasteiger partial charge in [0.2, 0.25) is 5.60 Å². The van der Waals surface area contributed by atoms with Crippen LogP contribution in [0, 0.1) is 0 Å². The van der Waals surface area contributed by atoms with E-state index in [4.69, 9.17) is 16.3 Å². The van der Waals surface area contributed by atoms with E-state index in [9.17, 15) is 27.9 Å². The van der Waals surface area contributed by atoms with Crippen LogP contribution in [0.5, 0.6) is 11.5 Å². The summed E-state index contributed by atoms with van der Waals surface area (Å²) in [4.78, 5) is 27.1. The van der Waals surface area contributed by atoms with Gasteiger partial charge in [-0.15, -0.1) is 13.2 Å². The third-order valence-electron chi connectivity index (χ3n) is 6.99. The van der Waals surface area contributed by atoms with E-state index in [1.807, 2.05) is 11.8 Å². The van der Waals surface area contributed by atoms with Crippen LogP contribution in [0.1, 0.15) is 54.6 Å². The number of carbonyl (C=O) groups excluding carboxylic acids is 1. The predicted octanol–water partition coefficient (Wildman–Crippen LogP) is 7.25. The van der Waals surface area contributed by atoms with E-state index in [2.05, 4.69) is 4.74 Å². The Kier molecular flexibility index (Phi) is 7.84. The van der Waals surface area contributed by atoms with E-state index in [0.717, 1.165) is 5.56 Å². The summed E-state index contributed by atoms with van der Waals surface area (Å²) in [6, 6.07) is 16.9. The van der Waals surface area contributed by atoms with Crippen LogP contribution in [0.3, 0.4) is 0 Å². The van der Waals surface area contributed by atoms with Gasteiger partial charge in [0.05, 0.1) is 5.92 Å². The van der Waals surface area contributed by atoms with Crippen molar-refractivity contribution in [2.45, 2.75) is 57.7 Å². The molecule has 206 valence electrons. The predicted molar refractivity (Wildman–Crippen MR) is 141 cm³/mol. The molecule has 0 fully saturated rings. The van der Waals surface area contributed by atoms with Crippen molar-refractivity contribution in [3.8, 4) is 11.5 Å². The van der Waals surface area contributed by atoms with Crippen LogP contribution in [0.4, 0.5) is 18.9 Å². The van der Waals surface area contributed by atoms with E-state index in [0.29, 0.717) is 27.6 Å². The molecule has 0 radical (unpaired) electrons. The summed E-state index contributed by atoms with van der Waals surface area (Å²) in [7, 11) is 0. The molecule has 0 aromatic heterocycles. The topological polar surface area (TPSA) is 76.1 Å². The Morgan fingerprint density at radius 1 is 1.00 bits per heavy atom. The molecule has 3 aromatic rings. The number of carbonyl (C=O) groups is 2. The van der Waals surface area contributed by atoms with Gasteiger partial charge in [0.1, 0.15) is 11.5 Å². The number of carboxylic acids is 1. The number of ketones is 1. The van der Waals surface area contributed by atoms with Crippen LogP contribution in [0.15, 0.2) is 66.7 Å². The Morgan fingerprint density at radius 3 is 2.28 bits per heavy atom. The lowest BCUT2D eigenvalue weighted by molar-refractivity contribution is -0.274. The molecule has 1 heterocycles. The molecule has 3 unspecified atom stereocenters. The third kappa shape index (κ3) is 6.14. The van der Waals surface area contributed by atoms with Crippen molar-refractivity contribution in [3.63, 3.8) is 0 Å². The molecule has 0 saturated heterocycles. The second-order valence-corrected chi connectivity index (χ2v) is 10.1. The van der Waals surface area contributed by atoms with Gasteiger partial charge in [-0.05, 0) is 73.9 Å². The Morgan fingerprint density at radius 2 is 1.67 bits per heavy atom. The minimum atomic E-state index is -4.87. The van der Waals surface area contributed by atoms with Gasteiger partial charge in [-0.2, -0.15) is 0 Å². The molecule has 3 atom stereocenters. The Bertz CT molecular complexity index is 1380. The van der Waals surface area contributed by atoms with Crippen LogP contribution in [0.25, 0.3) is 0 Å². The number of rotatable bonds is 9. The minimum absolute atomic E-state index is 0.190. The maximum Gasteiger partial charge on any atom is 0.573 e. The molecule has 0 bridgehead atoms. The van der Waals surface area contributed by atoms with Crippen LogP contribution in [0.2, 0.25) is 5.02 Å². The molecule has 0 saturated carbocycles. The summed E-state index contributed by atoms with van der Waals surface area (Å²) in [5.41, 5.74) is 0.741. The van der Waals surface area contributed by atoms with Gasteiger partial charge in [0, 0.05) is 34.9 Å². The lowest BCUT2D eigenvalue weighted by atomic mass is 9.88. The number of hydrogen-bond donors (Lipinski definition) is 1. The number of ether oxygens (including phenoxy) is 2. The second kappa shape index (κ2) is 10.8. The molecular formula is C29H27ClF3NO5. The van der Waals surface area contributed by atoms with E-state index in [1.165, 1.54) is 25.1 Å². The van der Waals surface area contributed by atoms with Crippen LogP contribution in [-0.2, 0) is 11.3 Å². The number of fused-ring (bicyclic) bond motifs is 1. The van der Waals surface area contributed by atoms with Crippen molar-refractivity contribution in [1.29, 1.82) is 0 Å². The molecule has 1 aliphatic rings. The minimum Gasteiger partial charge on any atom is -0.478 e. The van der Waals surface area contributed by atoms with E-state index < -0.39 is 35.6 Å². The standard InChI is InChI=1S/C29H27ClF3NO5/c1-4-28(3,27(36)37)38-21-7-5-6-18(14-21)16-34-17(2)25(26(35)19-8-10-20(30)11-9-19)23-13-12-22(15-24(23)34)39-29(31,32)33/h5-15,17,25H,4,16H2,1-3H3,(H,36,37). The highest BCUT2D eigenvalue weighted by Gasteiger charge is 2.41. The average molecular weight is 562 g/mol. The monoisotopic (exact) mass is 561 g/mol. The Labute approximate surface area is 228 Å². The number of benzene rings is 3. The van der Waals surface area contributed by atoms with Gasteiger partial charge in [-0.3, -0.25) is 4.79 Å². The number of halogens is 4. The fourth-order valence-corrected chi connectivity index (χ4v) is 4.83. The highest BCUT2D eigenvalue weighted by atomic mass is 35.5. The van der Waals surface area contributed by atoms with Crippen LogP contribution < -0.4 is 14.4 Å². The fraction of sp³-hybridized carbons (Fsp3) is 0.310. The number of alkyl halides is 3. The highest BCUT2D eigenvalue weighted by Crippen LogP contribution is 2.45. The van der Waals surface area contributed by atoms with Crippen LogP contribution in [-0.4, -0.2) is 34.9 Å². The smallest absolute Gasteiger partial charge is 0.478 e. The summed E-state index contributed by atoms with van der Waals surface area (Å²) in [6.07, 6.45) is -4.64. The zero-order valence-corrected chi connectivity index (χ0v) is 22.2. The number of Topliss-reactive ketones (excluding diaryl/α,β-unsaturated/α-hetero) is 1. The van der Waals surface area contributed by atoms with Crippen LogP contribution >= 0.6 is 11.6 Å². The molecule has 3 aromatic carbocycles. The summed E-state index contributed by atoms with van der Waals surface area (Å²) in [5, 5.41) is 10.0. The molecule has 4 rings (SSSR count). The molecule has 39 heavy (non-hydrogen) atoms. The lowest BCUT2D eigenvalue weighted by Gasteiger charge is -2.28. The van der Waals surface area contributed by atoms with Crippen molar-refractivity contribution >= 4 is 29.0 Å². The second-order valence-electron chi connectivity index (χ2n) is 9.62. The zero-order chi connectivity index (χ0) is 28.5. The van der Waals surface area contributed by atoms with Gasteiger partial charge >= 0.3 is 12.3 Å². The van der Waals surface area contributed by atoms with Crippen molar-refractivity contribution < 1.29 is 37.3 Å². The summed E-state index contributed by atoms with van der Waals surface area (Å²) < 4.78 is 48.9. The molecule has 0 spiro atoms. The van der Waals surface area contributed by atoms with Gasteiger partial charge < -0.3 is 19.5 Å². The van der Waals surface area contributed by atoms with Gasteiger partial charge in [0.25, 0.3) is 0 Å². The molecule has 1 N–H and O–H groups in total. The number of carboxylic acid groups (broad SMARTS) is 1. The maximum absolute atomic E-state index is 13.6. The van der Waals surface area contributed by atoms with E-state index in [1.54, 1.807) is 55.5 Å². The zero-order valence-electron chi connectivity index (χ0n) is 21.5. The Balaban J connectivity index is 1.70. The van der Waals surface area contributed by atoms with Crippen molar-refractivity contribution in [1.82, 2.24) is 0 Å². The van der Waals surface area contributed by atoms with Gasteiger partial charge in [-0.1, -0.05) is 36.7 Å². The quantitative estimate of drug-likeness (QED) is 0.277. The van der Waals surface area contributed by atoms with Crippen molar-refractivity contribution in [2.24, 2.45) is 0 Å². The number of nitrogens with zero attached hydrogens (tertiary/aromatic N) is 1. The molecule has 6 nitrogen and oxygen atoms in total. The SMILES string of the molecule is CCC(C)(Oc1cccc(CN2c3cc(OC(F)(F)F)ccc3C(C(=O)c3ccc(Cl)cc3)C2C)c1)C(=O)O. The molecule has 1 aliphatic heterocycles. The Hall–Kier alpha value is -3.72. The van der Waals surface area contributed by atoms with Crippen molar-refractivity contribution in [2.75, 3.05) is 4.90 Å². The lowest BCUT2D eigenvalue weighted by Crippen LogP contribution is -2.40. The fourth-order valence-electron chi connectivity index (χ4n) is 4.71. The average Bonchev–Trinajstić information content (AvgIpc) is 3.13. The summed E-state index contributed by atoms with van der Waals surface area (Å²) >= 11 is 5.98. The first-order valence-corrected chi connectivity index (χ1v) is 12.7. The molecule has 0 aliphatic carbocycles. The van der Waals surface area contributed by atoms with Crippen molar-refractivity contribution in [3.05, 3.63) is 88.4 Å². The maximum atomic E-state index is 13.6. The van der Waals surface area contributed by atoms with E-state index >= 15 is 0 Å². The first-order valence-electron chi connectivity index (χ1n) is 12.3. The first-order chi connectivity index (χ1) is 18.3. The first kappa shape index (κ1) is 28.3. The number of aliphatic carboxylic acids is 1. The number of anilines is 1. The third-order valence-corrected chi connectivity index (χ3v) is 7.24. The highest BCUT2D eigenvalue weighted by molar-refractivity contribution is 6.30. The van der Waals surface area contributed by atoms with Gasteiger partial charge in [0.15, 0.2) is 5.78 Å². The molecule has 10 heteroatoms. The summed E-state index contributed by atoms with van der Waals surface area (Å²) in [5.74, 6) is -2.00. The van der Waals surface area contributed by atoms with Gasteiger partial charge in [-0.25, -0.2) is 4.79 Å². The number of hydrogen-bond acceptors (Lipinski definition) is 5. The molecular weight excluding hydrogens is 535 g/mol. The van der Waals surface area contributed by atoms with E-state index in [-0.39, 0.29) is 18.7 Å².